The lowest BCUT2D eigenvalue weighted by molar-refractivity contribution is -0.141. The SMILES string of the molecule is C=C(C)C(=O)OCCC[Si](O[Si](C)(C)C)(O[Si](C)(C)C)O[Si](CCCC(=O)OC)(O[Si](C)(C)C)O[Si](C)(C)C. The Bertz CT molecular complexity index is 779. The van der Waals surface area contributed by atoms with Gasteiger partial charge in [-0.1, -0.05) is 6.58 Å². The third kappa shape index (κ3) is 18.8. The van der Waals surface area contributed by atoms with Gasteiger partial charge in [0, 0.05) is 24.1 Å². The van der Waals surface area contributed by atoms with Gasteiger partial charge in [-0.15, -0.1) is 0 Å². The zero-order valence-corrected chi connectivity index (χ0v) is 33.1. The van der Waals surface area contributed by atoms with Gasteiger partial charge in [-0.3, -0.25) is 4.79 Å². The molecule has 0 unspecified atom stereocenters. The first kappa shape index (κ1) is 38.8. The van der Waals surface area contributed by atoms with Crippen LogP contribution in [0, 0.1) is 0 Å². The van der Waals surface area contributed by atoms with Gasteiger partial charge < -0.3 is 30.0 Å². The molecule has 0 saturated carbocycles. The van der Waals surface area contributed by atoms with Crippen LogP contribution in [0.2, 0.25) is 90.7 Å². The van der Waals surface area contributed by atoms with Gasteiger partial charge in [-0.25, -0.2) is 4.79 Å². The van der Waals surface area contributed by atoms with E-state index >= 15 is 0 Å². The predicted octanol–water partition coefficient (Wildman–Crippen LogP) is 6.75. The molecule has 0 aliphatic rings. The number of rotatable bonds is 19. The molecule has 0 spiro atoms. The summed E-state index contributed by atoms with van der Waals surface area (Å²) in [6.07, 6.45) is 1.26. The number of carbonyl (C=O) groups is 2. The first-order valence-electron chi connectivity index (χ1n) is 13.7. The Labute approximate surface area is 244 Å². The molecule has 0 aromatic heterocycles. The average molecular weight is 657 g/mol. The minimum atomic E-state index is -3.44. The van der Waals surface area contributed by atoms with Crippen molar-refractivity contribution < 1.29 is 39.6 Å². The highest BCUT2D eigenvalue weighted by molar-refractivity contribution is 6.92. The molecule has 0 aliphatic heterocycles. The van der Waals surface area contributed by atoms with Gasteiger partial charge in [0.1, 0.15) is 0 Å². The van der Waals surface area contributed by atoms with Crippen LogP contribution in [0.15, 0.2) is 12.2 Å². The van der Waals surface area contributed by atoms with E-state index in [1.165, 1.54) is 7.11 Å². The van der Waals surface area contributed by atoms with E-state index in [0.717, 1.165) is 0 Å². The molecular weight excluding hydrogens is 601 g/mol. The van der Waals surface area contributed by atoms with Crippen molar-refractivity contribution in [1.29, 1.82) is 0 Å². The van der Waals surface area contributed by atoms with E-state index in [1.807, 2.05) is 0 Å². The quantitative estimate of drug-likeness (QED) is 0.0647. The maximum absolute atomic E-state index is 12.0. The van der Waals surface area contributed by atoms with Crippen molar-refractivity contribution in [3.05, 3.63) is 12.2 Å². The molecule has 15 heteroatoms. The maximum atomic E-state index is 12.0. The zero-order valence-electron chi connectivity index (χ0n) is 27.1. The number of methoxy groups -OCH3 is 1. The van der Waals surface area contributed by atoms with Gasteiger partial charge in [-0.2, -0.15) is 0 Å². The summed E-state index contributed by atoms with van der Waals surface area (Å²) in [7, 11) is -14.2. The molecule has 0 aromatic carbocycles. The Kier molecular flexibility index (Phi) is 15.2. The van der Waals surface area contributed by atoms with E-state index in [4.69, 9.17) is 30.0 Å². The minimum Gasteiger partial charge on any atom is -0.469 e. The fraction of sp³-hybridized carbons (Fsp3) is 0.833. The van der Waals surface area contributed by atoms with Crippen molar-refractivity contribution in [2.45, 2.75) is 117 Å². The van der Waals surface area contributed by atoms with E-state index in [0.29, 0.717) is 30.5 Å². The van der Waals surface area contributed by atoms with Crippen LogP contribution in [0.25, 0.3) is 0 Å². The van der Waals surface area contributed by atoms with E-state index in [-0.39, 0.29) is 19.0 Å². The van der Waals surface area contributed by atoms with E-state index in [1.54, 1.807) is 6.92 Å². The van der Waals surface area contributed by atoms with Gasteiger partial charge in [0.15, 0.2) is 33.3 Å². The van der Waals surface area contributed by atoms with Crippen LogP contribution in [0.3, 0.4) is 0 Å². The molecule has 9 nitrogen and oxygen atoms in total. The van der Waals surface area contributed by atoms with Gasteiger partial charge in [0.05, 0.1) is 13.7 Å². The molecule has 0 fully saturated rings. The van der Waals surface area contributed by atoms with Crippen molar-refractivity contribution in [2.24, 2.45) is 0 Å². The number of carbonyl (C=O) groups excluding carboxylic acids is 2. The van der Waals surface area contributed by atoms with Crippen LogP contribution >= 0.6 is 0 Å². The fourth-order valence-corrected chi connectivity index (χ4v) is 27.4. The van der Waals surface area contributed by atoms with Crippen LogP contribution in [0.1, 0.15) is 26.2 Å². The molecule has 0 heterocycles. The Balaban J connectivity index is 6.75. The largest absolute Gasteiger partial charge is 0.472 e. The second-order valence-corrected chi connectivity index (χ2v) is 38.5. The minimum absolute atomic E-state index is 0.203. The van der Waals surface area contributed by atoms with Crippen molar-refractivity contribution in [1.82, 2.24) is 0 Å². The lowest BCUT2D eigenvalue weighted by atomic mass is 10.3. The Morgan fingerprint density at radius 1 is 0.615 bits per heavy atom. The predicted molar refractivity (Wildman–Crippen MR) is 172 cm³/mol. The monoisotopic (exact) mass is 656 g/mol. The molecule has 0 saturated heterocycles. The van der Waals surface area contributed by atoms with Crippen LogP contribution < -0.4 is 0 Å². The maximum Gasteiger partial charge on any atom is 0.472 e. The lowest BCUT2D eigenvalue weighted by Crippen LogP contribution is -2.67. The zero-order chi connectivity index (χ0) is 30.9. The smallest absolute Gasteiger partial charge is 0.469 e. The second-order valence-electron chi connectivity index (χ2n) is 13.8. The number of hydrogen-bond donors (Lipinski definition) is 0. The average Bonchev–Trinajstić information content (AvgIpc) is 2.65. The first-order chi connectivity index (χ1) is 17.3. The van der Waals surface area contributed by atoms with E-state index in [9.17, 15) is 9.59 Å². The van der Waals surface area contributed by atoms with Gasteiger partial charge >= 0.3 is 29.5 Å². The molecule has 0 amide bonds. The van der Waals surface area contributed by atoms with Gasteiger partial charge in [-0.05, 0) is 98.3 Å². The molecule has 0 radical (unpaired) electrons. The molecule has 0 atom stereocenters. The summed E-state index contributed by atoms with van der Waals surface area (Å²) in [5.74, 6) is -0.700. The summed E-state index contributed by atoms with van der Waals surface area (Å²) >= 11 is 0. The van der Waals surface area contributed by atoms with Crippen molar-refractivity contribution in [3.8, 4) is 0 Å². The molecule has 0 bridgehead atoms. The van der Waals surface area contributed by atoms with E-state index in [2.05, 4.69) is 85.1 Å². The number of esters is 2. The molecule has 0 aliphatic carbocycles. The summed E-state index contributed by atoms with van der Waals surface area (Å²) < 4.78 is 45.1. The summed E-state index contributed by atoms with van der Waals surface area (Å²) in [6, 6.07) is 0.918. The van der Waals surface area contributed by atoms with Crippen LogP contribution in [0.4, 0.5) is 0 Å². The summed E-state index contributed by atoms with van der Waals surface area (Å²) in [5, 5.41) is 0. The first-order valence-corrected chi connectivity index (χ1v) is 31.2. The number of ether oxygens (including phenoxy) is 2. The Morgan fingerprint density at radius 3 is 1.28 bits per heavy atom. The van der Waals surface area contributed by atoms with Crippen molar-refractivity contribution in [3.63, 3.8) is 0 Å². The Hall–Kier alpha value is -0.219. The van der Waals surface area contributed by atoms with Gasteiger partial charge in [0.2, 0.25) is 0 Å². The van der Waals surface area contributed by atoms with Crippen LogP contribution in [0.5, 0.6) is 0 Å². The molecule has 0 rings (SSSR count). The summed E-state index contributed by atoms with van der Waals surface area (Å²) in [6.45, 7) is 30.9. The Morgan fingerprint density at radius 2 is 0.974 bits per heavy atom. The number of hydrogen-bond acceptors (Lipinski definition) is 9. The fourth-order valence-electron chi connectivity index (χ4n) is 3.66. The lowest BCUT2D eigenvalue weighted by Gasteiger charge is -2.47. The van der Waals surface area contributed by atoms with E-state index < -0.39 is 56.8 Å². The topological polar surface area (TPSA) is 98.8 Å². The second kappa shape index (κ2) is 15.3. The molecule has 0 aromatic rings. The third-order valence-corrected chi connectivity index (χ3v) is 23.7. The third-order valence-electron chi connectivity index (χ3n) is 4.46. The highest BCUT2D eigenvalue weighted by Crippen LogP contribution is 2.36. The van der Waals surface area contributed by atoms with Crippen LogP contribution in [-0.2, 0) is 39.6 Å². The standard InChI is InChI=1S/C24H56O9Si6/c1-22(2)24(26)28-19-17-21-39(31-36(10,11)12,32-37(13,14)15)33-38(29-34(4,5)6,30-35(7,8)9)20-16-18-23(25)27-3/h1,16-21H2,2-15H3. The summed E-state index contributed by atoms with van der Waals surface area (Å²) in [5.41, 5.74) is 0.357. The van der Waals surface area contributed by atoms with Crippen molar-refractivity contribution in [2.75, 3.05) is 13.7 Å². The summed E-state index contributed by atoms with van der Waals surface area (Å²) in [4.78, 5) is 24.0. The molecule has 39 heavy (non-hydrogen) atoms. The molecule has 230 valence electrons. The van der Waals surface area contributed by atoms with Crippen LogP contribution in [-0.4, -0.2) is 76.5 Å². The molecular formula is C24H56O9Si6. The van der Waals surface area contributed by atoms with Gasteiger partial charge in [0.25, 0.3) is 0 Å². The highest BCUT2D eigenvalue weighted by atomic mass is 28.5. The molecule has 0 N–H and O–H groups in total. The van der Waals surface area contributed by atoms with Crippen molar-refractivity contribution >= 4 is 62.8 Å². The highest BCUT2D eigenvalue weighted by Gasteiger charge is 2.58. The normalized spacial score (nSPS) is 13.8.